The van der Waals surface area contributed by atoms with Crippen LogP contribution in [0.25, 0.3) is 0 Å². The Morgan fingerprint density at radius 1 is 1.50 bits per heavy atom. The van der Waals surface area contributed by atoms with E-state index in [0.29, 0.717) is 0 Å². The Balaban J connectivity index is 0. The summed E-state index contributed by atoms with van der Waals surface area (Å²) in [6, 6.07) is 0.227. The van der Waals surface area contributed by atoms with Crippen molar-refractivity contribution in [3.05, 3.63) is 25.3 Å². The largest absolute Gasteiger partial charge is 0.481 e. The summed E-state index contributed by atoms with van der Waals surface area (Å²) < 4.78 is 0. The van der Waals surface area contributed by atoms with E-state index in [-0.39, 0.29) is 6.04 Å². The van der Waals surface area contributed by atoms with Crippen LogP contribution >= 0.6 is 0 Å². The van der Waals surface area contributed by atoms with Crippen molar-refractivity contribution >= 4 is 5.97 Å². The van der Waals surface area contributed by atoms with Gasteiger partial charge >= 0.3 is 0 Å². The molecule has 3 nitrogen and oxygen atoms in total. The maximum absolute atomic E-state index is 9.00. The zero-order valence-electron chi connectivity index (χ0n) is 7.49. The Kier molecular flexibility index (Phi) is 11.1. The molecule has 0 aliphatic carbocycles. The van der Waals surface area contributed by atoms with Gasteiger partial charge in [0.2, 0.25) is 0 Å². The van der Waals surface area contributed by atoms with Crippen LogP contribution in [0.15, 0.2) is 25.3 Å². The van der Waals surface area contributed by atoms with Gasteiger partial charge in [-0.1, -0.05) is 12.2 Å². The predicted molar refractivity (Wildman–Crippen MR) is 50.9 cm³/mol. The van der Waals surface area contributed by atoms with Gasteiger partial charge in [-0.15, -0.1) is 13.2 Å². The third-order valence-corrected chi connectivity index (χ3v) is 0.939. The summed E-state index contributed by atoms with van der Waals surface area (Å²) >= 11 is 0. The number of carbonyl (C=O) groups is 1. The number of hydrogen-bond acceptors (Lipinski definition) is 2. The fourth-order valence-electron chi connectivity index (χ4n) is 0.524. The minimum Gasteiger partial charge on any atom is -0.481 e. The van der Waals surface area contributed by atoms with Crippen molar-refractivity contribution in [2.45, 2.75) is 25.8 Å². The van der Waals surface area contributed by atoms with E-state index < -0.39 is 5.97 Å². The van der Waals surface area contributed by atoms with E-state index in [9.17, 15) is 0 Å². The van der Waals surface area contributed by atoms with Crippen LogP contribution < -0.4 is 5.73 Å². The standard InChI is InChI=1S/C7H13N.C2H4O2/c1-3-5-7(8)6-4-2;1-2(3)4/h3-4,7H,1-2,5-6,8H2;1H3,(H,3,4). The number of aliphatic carboxylic acids is 1. The summed E-state index contributed by atoms with van der Waals surface area (Å²) in [7, 11) is 0. The third kappa shape index (κ3) is 23.1. The van der Waals surface area contributed by atoms with Gasteiger partial charge in [0.25, 0.3) is 5.97 Å². The van der Waals surface area contributed by atoms with Crippen molar-refractivity contribution in [2.24, 2.45) is 5.73 Å². The molecule has 0 aromatic carbocycles. The highest BCUT2D eigenvalue weighted by atomic mass is 16.4. The van der Waals surface area contributed by atoms with E-state index >= 15 is 0 Å². The lowest BCUT2D eigenvalue weighted by Gasteiger charge is -2.01. The van der Waals surface area contributed by atoms with Crippen LogP contribution in [0.3, 0.4) is 0 Å². The zero-order valence-corrected chi connectivity index (χ0v) is 7.49. The summed E-state index contributed by atoms with van der Waals surface area (Å²) in [5.41, 5.74) is 5.55. The minimum absolute atomic E-state index is 0.227. The summed E-state index contributed by atoms with van der Waals surface area (Å²) in [5.74, 6) is -0.833. The van der Waals surface area contributed by atoms with Gasteiger partial charge in [0.1, 0.15) is 0 Å². The molecule has 0 amide bonds. The van der Waals surface area contributed by atoms with E-state index in [2.05, 4.69) is 13.2 Å². The van der Waals surface area contributed by atoms with Crippen LogP contribution in [0.1, 0.15) is 19.8 Å². The quantitative estimate of drug-likeness (QED) is 0.631. The molecular formula is C9H17NO2. The first-order chi connectivity index (χ1) is 5.54. The zero-order chi connectivity index (χ0) is 9.98. The van der Waals surface area contributed by atoms with Crippen LogP contribution in [0.5, 0.6) is 0 Å². The van der Waals surface area contributed by atoms with Gasteiger partial charge in [0, 0.05) is 13.0 Å². The Morgan fingerprint density at radius 2 is 1.75 bits per heavy atom. The van der Waals surface area contributed by atoms with Crippen LogP contribution in [0, 0.1) is 0 Å². The highest BCUT2D eigenvalue weighted by Crippen LogP contribution is 1.93. The van der Waals surface area contributed by atoms with E-state index in [1.807, 2.05) is 12.2 Å². The van der Waals surface area contributed by atoms with Crippen LogP contribution in [-0.4, -0.2) is 17.1 Å². The van der Waals surface area contributed by atoms with Crippen LogP contribution in [0.2, 0.25) is 0 Å². The number of hydrogen-bond donors (Lipinski definition) is 2. The molecule has 0 heterocycles. The summed E-state index contributed by atoms with van der Waals surface area (Å²) in [5, 5.41) is 7.42. The molecule has 0 rings (SSSR count). The van der Waals surface area contributed by atoms with Crippen molar-refractivity contribution < 1.29 is 9.90 Å². The minimum atomic E-state index is -0.833. The van der Waals surface area contributed by atoms with Gasteiger partial charge in [0.05, 0.1) is 0 Å². The number of nitrogens with two attached hydrogens (primary N) is 1. The predicted octanol–water partition coefficient (Wildman–Crippen LogP) is 1.56. The van der Waals surface area contributed by atoms with Gasteiger partial charge < -0.3 is 10.8 Å². The Hall–Kier alpha value is -1.09. The topological polar surface area (TPSA) is 63.3 Å². The van der Waals surface area contributed by atoms with E-state index in [1.165, 1.54) is 0 Å². The summed E-state index contributed by atoms with van der Waals surface area (Å²) in [4.78, 5) is 9.00. The highest BCUT2D eigenvalue weighted by Gasteiger charge is 1.92. The fraction of sp³-hybridized carbons (Fsp3) is 0.444. The van der Waals surface area contributed by atoms with Crippen molar-refractivity contribution in [1.29, 1.82) is 0 Å². The first-order valence-corrected chi connectivity index (χ1v) is 3.71. The second-order valence-electron chi connectivity index (χ2n) is 2.33. The highest BCUT2D eigenvalue weighted by molar-refractivity contribution is 5.62. The molecule has 0 unspecified atom stereocenters. The SMILES string of the molecule is C=CCC(N)CC=C.CC(=O)O. The number of carboxylic acids is 1. The van der Waals surface area contributed by atoms with Crippen LogP contribution in [-0.2, 0) is 4.79 Å². The number of carboxylic acid groups (broad SMARTS) is 1. The van der Waals surface area contributed by atoms with Crippen molar-refractivity contribution in [3.63, 3.8) is 0 Å². The molecule has 0 spiro atoms. The molecular weight excluding hydrogens is 154 g/mol. The molecule has 0 aliphatic rings. The first-order valence-electron chi connectivity index (χ1n) is 3.71. The molecule has 0 saturated carbocycles. The van der Waals surface area contributed by atoms with Crippen LogP contribution in [0.4, 0.5) is 0 Å². The maximum Gasteiger partial charge on any atom is 0.300 e. The normalized spacial score (nSPS) is 8.25. The molecule has 12 heavy (non-hydrogen) atoms. The second kappa shape index (κ2) is 9.91. The molecule has 3 heteroatoms. The molecule has 3 N–H and O–H groups in total. The molecule has 0 fully saturated rings. The molecule has 0 aromatic rings. The van der Waals surface area contributed by atoms with Crippen molar-refractivity contribution in [3.8, 4) is 0 Å². The summed E-state index contributed by atoms with van der Waals surface area (Å²) in [6.07, 6.45) is 5.42. The lowest BCUT2D eigenvalue weighted by molar-refractivity contribution is -0.134. The third-order valence-electron chi connectivity index (χ3n) is 0.939. The van der Waals surface area contributed by atoms with Gasteiger partial charge in [-0.2, -0.15) is 0 Å². The molecule has 0 radical (unpaired) electrons. The smallest absolute Gasteiger partial charge is 0.300 e. The molecule has 0 bridgehead atoms. The number of rotatable bonds is 4. The van der Waals surface area contributed by atoms with Gasteiger partial charge in [-0.25, -0.2) is 0 Å². The van der Waals surface area contributed by atoms with Gasteiger partial charge in [0.15, 0.2) is 0 Å². The Bertz CT molecular complexity index is 129. The molecule has 70 valence electrons. The first kappa shape index (κ1) is 13.5. The van der Waals surface area contributed by atoms with Crippen molar-refractivity contribution in [2.75, 3.05) is 0 Å². The average molecular weight is 171 g/mol. The molecule has 0 atom stereocenters. The maximum atomic E-state index is 9.00. The second-order valence-corrected chi connectivity index (χ2v) is 2.33. The monoisotopic (exact) mass is 171 g/mol. The lowest BCUT2D eigenvalue weighted by Crippen LogP contribution is -2.17. The molecule has 0 aliphatic heterocycles. The van der Waals surface area contributed by atoms with E-state index in [0.717, 1.165) is 19.8 Å². The average Bonchev–Trinajstić information content (AvgIpc) is 1.87. The van der Waals surface area contributed by atoms with Gasteiger partial charge in [-0.05, 0) is 12.8 Å². The Labute approximate surface area is 73.6 Å². The fourth-order valence-corrected chi connectivity index (χ4v) is 0.524. The van der Waals surface area contributed by atoms with E-state index in [1.54, 1.807) is 0 Å². The van der Waals surface area contributed by atoms with E-state index in [4.69, 9.17) is 15.6 Å². The molecule has 0 aromatic heterocycles. The Morgan fingerprint density at radius 3 is 1.92 bits per heavy atom. The van der Waals surface area contributed by atoms with Crippen molar-refractivity contribution in [1.82, 2.24) is 0 Å². The summed E-state index contributed by atoms with van der Waals surface area (Å²) in [6.45, 7) is 8.22. The molecule has 0 saturated heterocycles. The van der Waals surface area contributed by atoms with Gasteiger partial charge in [-0.3, -0.25) is 4.79 Å². The lowest BCUT2D eigenvalue weighted by atomic mass is 10.1.